The molecule has 0 aliphatic carbocycles. The van der Waals surface area contributed by atoms with Crippen LogP contribution >= 0.6 is 0 Å². The summed E-state index contributed by atoms with van der Waals surface area (Å²) in [6, 6.07) is 6.89. The van der Waals surface area contributed by atoms with Crippen LogP contribution in [0.25, 0.3) is 0 Å². The van der Waals surface area contributed by atoms with E-state index >= 15 is 0 Å². The van der Waals surface area contributed by atoms with Crippen molar-refractivity contribution in [2.45, 2.75) is 12.6 Å². The number of nitrogens with two attached hydrogens (primary N) is 1. The zero-order valence-electron chi connectivity index (χ0n) is 7.68. The average Bonchev–Trinajstić information content (AvgIpc) is 2.25. The molecule has 0 spiro atoms. The minimum Gasteiger partial charge on any atom is -0.392 e. The Balaban J connectivity index is 2.14. The quantitative estimate of drug-likeness (QED) is 0.640. The third-order valence-electron chi connectivity index (χ3n) is 2.39. The van der Waals surface area contributed by atoms with Crippen LogP contribution in [-0.2, 0) is 11.4 Å². The predicted molar refractivity (Wildman–Crippen MR) is 52.7 cm³/mol. The molecule has 4 heteroatoms. The Morgan fingerprint density at radius 2 is 2.07 bits per heavy atom. The Bertz CT molecular complexity index is 348. The molecule has 1 aliphatic rings. The average molecular weight is 192 g/mol. The molecule has 0 saturated carbocycles. The molecule has 4 nitrogen and oxygen atoms in total. The predicted octanol–water partition coefficient (Wildman–Crippen LogP) is -0.147. The van der Waals surface area contributed by atoms with E-state index in [0.29, 0.717) is 6.54 Å². The van der Waals surface area contributed by atoms with Gasteiger partial charge >= 0.3 is 0 Å². The van der Waals surface area contributed by atoms with Crippen LogP contribution in [0.3, 0.4) is 0 Å². The molecule has 1 amide bonds. The number of β-lactam (4-membered cyclic amide) rings is 1. The molecular weight excluding hydrogens is 180 g/mol. The first-order chi connectivity index (χ1) is 6.72. The van der Waals surface area contributed by atoms with E-state index in [1.54, 1.807) is 17.0 Å². The molecule has 74 valence electrons. The van der Waals surface area contributed by atoms with Gasteiger partial charge < -0.3 is 15.7 Å². The van der Waals surface area contributed by atoms with Crippen LogP contribution in [0.5, 0.6) is 0 Å². The summed E-state index contributed by atoms with van der Waals surface area (Å²) in [7, 11) is 0. The van der Waals surface area contributed by atoms with E-state index < -0.39 is 0 Å². The van der Waals surface area contributed by atoms with E-state index in [-0.39, 0.29) is 18.6 Å². The van der Waals surface area contributed by atoms with Crippen molar-refractivity contribution >= 4 is 11.6 Å². The number of anilines is 1. The molecule has 0 radical (unpaired) electrons. The summed E-state index contributed by atoms with van der Waals surface area (Å²) >= 11 is 0. The Morgan fingerprint density at radius 3 is 2.50 bits per heavy atom. The molecule has 0 aromatic heterocycles. The van der Waals surface area contributed by atoms with Crippen molar-refractivity contribution in [3.8, 4) is 0 Å². The molecule has 1 heterocycles. The van der Waals surface area contributed by atoms with Crippen LogP contribution in [-0.4, -0.2) is 23.6 Å². The molecule has 1 atom stereocenters. The fourth-order valence-electron chi connectivity index (χ4n) is 1.47. The lowest BCUT2D eigenvalue weighted by Crippen LogP contribution is -2.61. The van der Waals surface area contributed by atoms with Crippen LogP contribution < -0.4 is 10.6 Å². The highest BCUT2D eigenvalue weighted by Crippen LogP contribution is 2.21. The lowest BCUT2D eigenvalue weighted by Gasteiger charge is -2.36. The first kappa shape index (κ1) is 9.18. The number of aliphatic hydroxyl groups is 1. The van der Waals surface area contributed by atoms with Gasteiger partial charge in [-0.15, -0.1) is 0 Å². The van der Waals surface area contributed by atoms with E-state index in [1.165, 1.54) is 0 Å². The molecule has 14 heavy (non-hydrogen) atoms. The summed E-state index contributed by atoms with van der Waals surface area (Å²) in [5.41, 5.74) is 7.16. The summed E-state index contributed by atoms with van der Waals surface area (Å²) < 4.78 is 0. The number of nitrogens with zero attached hydrogens (tertiary/aromatic N) is 1. The van der Waals surface area contributed by atoms with Crippen molar-refractivity contribution < 1.29 is 9.90 Å². The third kappa shape index (κ3) is 1.38. The van der Waals surface area contributed by atoms with Gasteiger partial charge in [-0.3, -0.25) is 4.79 Å². The molecule has 1 aliphatic heterocycles. The largest absolute Gasteiger partial charge is 0.392 e. The number of aliphatic hydroxyl groups excluding tert-OH is 1. The molecule has 1 aromatic carbocycles. The number of benzene rings is 1. The maximum absolute atomic E-state index is 11.3. The number of hydrogen-bond acceptors (Lipinski definition) is 3. The highest BCUT2D eigenvalue weighted by Gasteiger charge is 2.34. The van der Waals surface area contributed by atoms with Gasteiger partial charge in [0.2, 0.25) is 5.91 Å². The minimum absolute atomic E-state index is 0.0216. The molecule has 0 unspecified atom stereocenters. The molecule has 0 bridgehead atoms. The normalized spacial score (nSPS) is 20.9. The molecule has 1 aromatic rings. The first-order valence-corrected chi connectivity index (χ1v) is 4.49. The number of rotatable bonds is 2. The summed E-state index contributed by atoms with van der Waals surface area (Å²) in [6.45, 7) is 0.602. The van der Waals surface area contributed by atoms with Gasteiger partial charge in [0.25, 0.3) is 0 Å². The van der Waals surface area contributed by atoms with Gasteiger partial charge in [-0.05, 0) is 17.7 Å². The minimum atomic E-state index is -0.340. The van der Waals surface area contributed by atoms with Crippen molar-refractivity contribution in [3.05, 3.63) is 29.8 Å². The van der Waals surface area contributed by atoms with Crippen molar-refractivity contribution in [1.82, 2.24) is 0 Å². The maximum Gasteiger partial charge on any atom is 0.245 e. The Hall–Kier alpha value is -1.39. The summed E-state index contributed by atoms with van der Waals surface area (Å²) in [4.78, 5) is 12.9. The van der Waals surface area contributed by atoms with Crippen LogP contribution in [0.1, 0.15) is 5.56 Å². The lowest BCUT2D eigenvalue weighted by molar-refractivity contribution is -0.123. The van der Waals surface area contributed by atoms with Crippen molar-refractivity contribution in [3.63, 3.8) is 0 Å². The van der Waals surface area contributed by atoms with E-state index in [0.717, 1.165) is 11.3 Å². The second kappa shape index (κ2) is 3.40. The molecule has 2 rings (SSSR count). The third-order valence-corrected chi connectivity index (χ3v) is 2.39. The van der Waals surface area contributed by atoms with Gasteiger partial charge in [0.05, 0.1) is 13.2 Å². The monoisotopic (exact) mass is 192 g/mol. The summed E-state index contributed by atoms with van der Waals surface area (Å²) in [5, 5.41) is 8.83. The van der Waals surface area contributed by atoms with Crippen molar-refractivity contribution in [2.75, 3.05) is 11.4 Å². The highest BCUT2D eigenvalue weighted by atomic mass is 16.3. The molecule has 1 fully saturated rings. The van der Waals surface area contributed by atoms with E-state index in [9.17, 15) is 4.79 Å². The van der Waals surface area contributed by atoms with Crippen LogP contribution in [0.2, 0.25) is 0 Å². The SMILES string of the molecule is N[C@H]1CN(c2ccc(CO)cc2)C1=O. The zero-order chi connectivity index (χ0) is 10.1. The van der Waals surface area contributed by atoms with Crippen LogP contribution in [0.4, 0.5) is 5.69 Å². The zero-order valence-corrected chi connectivity index (χ0v) is 7.68. The second-order valence-corrected chi connectivity index (χ2v) is 3.38. The molecular formula is C10H12N2O2. The molecule has 1 saturated heterocycles. The Kier molecular flexibility index (Phi) is 2.23. The first-order valence-electron chi connectivity index (χ1n) is 4.49. The smallest absolute Gasteiger partial charge is 0.245 e. The van der Waals surface area contributed by atoms with Gasteiger partial charge in [0, 0.05) is 5.69 Å². The highest BCUT2D eigenvalue weighted by molar-refractivity contribution is 6.03. The van der Waals surface area contributed by atoms with Crippen molar-refractivity contribution in [1.29, 1.82) is 0 Å². The van der Waals surface area contributed by atoms with E-state index in [1.807, 2.05) is 12.1 Å². The number of amides is 1. The van der Waals surface area contributed by atoms with Crippen LogP contribution in [0.15, 0.2) is 24.3 Å². The summed E-state index contributed by atoms with van der Waals surface area (Å²) in [6.07, 6.45) is 0. The standard InChI is InChI=1S/C10H12N2O2/c11-9-5-12(10(9)14)8-3-1-7(6-13)2-4-8/h1-4,9,13H,5-6,11H2/t9-/m0/s1. The van der Waals surface area contributed by atoms with E-state index in [4.69, 9.17) is 10.8 Å². The van der Waals surface area contributed by atoms with Gasteiger partial charge in [0.1, 0.15) is 6.04 Å². The molecule has 3 N–H and O–H groups in total. The van der Waals surface area contributed by atoms with Gasteiger partial charge in [0.15, 0.2) is 0 Å². The fourth-order valence-corrected chi connectivity index (χ4v) is 1.47. The Morgan fingerprint density at radius 1 is 1.43 bits per heavy atom. The van der Waals surface area contributed by atoms with Gasteiger partial charge in [-0.1, -0.05) is 12.1 Å². The number of carbonyl (C=O) groups is 1. The summed E-state index contributed by atoms with van der Waals surface area (Å²) in [5.74, 6) is -0.0400. The van der Waals surface area contributed by atoms with Crippen molar-refractivity contribution in [2.24, 2.45) is 5.73 Å². The Labute approximate surface area is 81.9 Å². The second-order valence-electron chi connectivity index (χ2n) is 3.38. The van der Waals surface area contributed by atoms with Crippen LogP contribution in [0, 0.1) is 0 Å². The fraction of sp³-hybridized carbons (Fsp3) is 0.300. The lowest BCUT2D eigenvalue weighted by atomic mass is 10.1. The van der Waals surface area contributed by atoms with Gasteiger partial charge in [-0.25, -0.2) is 0 Å². The van der Waals surface area contributed by atoms with E-state index in [2.05, 4.69) is 0 Å². The van der Waals surface area contributed by atoms with Gasteiger partial charge in [-0.2, -0.15) is 0 Å². The maximum atomic E-state index is 11.3. The number of hydrogen-bond donors (Lipinski definition) is 2. The number of carbonyl (C=O) groups excluding carboxylic acids is 1. The topological polar surface area (TPSA) is 66.6 Å².